The van der Waals surface area contributed by atoms with Crippen LogP contribution in [0, 0.1) is 5.41 Å². The molecule has 72 valence electrons. The number of nitrogens with zero attached hydrogens (tertiary/aromatic N) is 1. The predicted molar refractivity (Wildman–Crippen MR) is 50.1 cm³/mol. The highest BCUT2D eigenvalue weighted by atomic mass is 16.5. The van der Waals surface area contributed by atoms with Crippen molar-refractivity contribution >= 4 is 0 Å². The van der Waals surface area contributed by atoms with Crippen molar-refractivity contribution in [2.75, 3.05) is 39.4 Å². The lowest BCUT2D eigenvalue weighted by atomic mass is 9.85. The Kier molecular flexibility index (Phi) is 3.50. The van der Waals surface area contributed by atoms with E-state index in [1.807, 2.05) is 0 Å². The summed E-state index contributed by atoms with van der Waals surface area (Å²) in [4.78, 5) is 2.41. The second-order valence-electron chi connectivity index (χ2n) is 3.66. The zero-order chi connectivity index (χ0) is 9.03. The van der Waals surface area contributed by atoms with Crippen molar-refractivity contribution in [1.29, 1.82) is 0 Å². The summed E-state index contributed by atoms with van der Waals surface area (Å²) in [5.41, 5.74) is 5.99. The van der Waals surface area contributed by atoms with E-state index < -0.39 is 0 Å². The Labute approximate surface area is 74.9 Å². The molecule has 1 fully saturated rings. The van der Waals surface area contributed by atoms with Gasteiger partial charge in [-0.25, -0.2) is 0 Å². The zero-order valence-electron chi connectivity index (χ0n) is 8.18. The lowest BCUT2D eigenvalue weighted by molar-refractivity contribution is -0.119. The number of hydrogen-bond donors (Lipinski definition) is 1. The fourth-order valence-electron chi connectivity index (χ4n) is 1.59. The molecule has 0 bridgehead atoms. The molecule has 1 rings (SSSR count). The Morgan fingerprint density at radius 1 is 1.33 bits per heavy atom. The standard InChI is InChI=1S/C9H20N2O/c1-3-11(4-2)6-9(5-10)7-12-8-9/h3-8,10H2,1-2H3. The van der Waals surface area contributed by atoms with Gasteiger partial charge in [0.25, 0.3) is 0 Å². The fraction of sp³-hybridized carbons (Fsp3) is 1.00. The van der Waals surface area contributed by atoms with Crippen LogP contribution >= 0.6 is 0 Å². The minimum Gasteiger partial charge on any atom is -0.380 e. The SMILES string of the molecule is CCN(CC)CC1(CN)COC1. The van der Waals surface area contributed by atoms with E-state index >= 15 is 0 Å². The van der Waals surface area contributed by atoms with Crippen LogP contribution in [-0.2, 0) is 4.74 Å². The molecule has 0 atom stereocenters. The van der Waals surface area contributed by atoms with E-state index in [4.69, 9.17) is 10.5 Å². The lowest BCUT2D eigenvalue weighted by Gasteiger charge is -2.43. The van der Waals surface area contributed by atoms with Crippen molar-refractivity contribution in [3.05, 3.63) is 0 Å². The molecule has 0 radical (unpaired) electrons. The Bertz CT molecular complexity index is 125. The lowest BCUT2D eigenvalue weighted by Crippen LogP contribution is -2.55. The third-order valence-electron chi connectivity index (χ3n) is 2.70. The molecule has 12 heavy (non-hydrogen) atoms. The van der Waals surface area contributed by atoms with Crippen LogP contribution in [0.25, 0.3) is 0 Å². The Hall–Kier alpha value is -0.120. The van der Waals surface area contributed by atoms with Gasteiger partial charge in [0.15, 0.2) is 0 Å². The van der Waals surface area contributed by atoms with Crippen LogP contribution < -0.4 is 5.73 Å². The van der Waals surface area contributed by atoms with E-state index in [0.717, 1.165) is 39.4 Å². The van der Waals surface area contributed by atoms with Crippen LogP contribution in [0.4, 0.5) is 0 Å². The van der Waals surface area contributed by atoms with Crippen molar-refractivity contribution < 1.29 is 4.74 Å². The molecular weight excluding hydrogens is 152 g/mol. The van der Waals surface area contributed by atoms with Crippen LogP contribution in [0.5, 0.6) is 0 Å². The number of rotatable bonds is 5. The van der Waals surface area contributed by atoms with Gasteiger partial charge in [-0.05, 0) is 13.1 Å². The van der Waals surface area contributed by atoms with E-state index in [2.05, 4.69) is 18.7 Å². The second kappa shape index (κ2) is 4.21. The van der Waals surface area contributed by atoms with Gasteiger partial charge in [-0.15, -0.1) is 0 Å². The molecule has 1 heterocycles. The molecule has 0 amide bonds. The van der Waals surface area contributed by atoms with Gasteiger partial charge in [0.2, 0.25) is 0 Å². The molecule has 1 aliphatic heterocycles. The monoisotopic (exact) mass is 172 g/mol. The summed E-state index contributed by atoms with van der Waals surface area (Å²) in [5, 5.41) is 0. The molecule has 0 aromatic carbocycles. The van der Waals surface area contributed by atoms with Gasteiger partial charge in [0.1, 0.15) is 0 Å². The first-order chi connectivity index (χ1) is 5.76. The van der Waals surface area contributed by atoms with Gasteiger partial charge < -0.3 is 15.4 Å². The van der Waals surface area contributed by atoms with Crippen molar-refractivity contribution in [1.82, 2.24) is 4.90 Å². The zero-order valence-corrected chi connectivity index (χ0v) is 8.18. The predicted octanol–water partition coefficient (Wildman–Crippen LogP) is 0.304. The van der Waals surface area contributed by atoms with E-state index in [-0.39, 0.29) is 5.41 Å². The van der Waals surface area contributed by atoms with Crippen LogP contribution in [0.15, 0.2) is 0 Å². The molecular formula is C9H20N2O. The molecule has 3 heteroatoms. The quantitative estimate of drug-likeness (QED) is 0.648. The molecule has 0 aromatic heterocycles. The van der Waals surface area contributed by atoms with Gasteiger partial charge in [-0.3, -0.25) is 0 Å². The van der Waals surface area contributed by atoms with Crippen LogP contribution in [0.3, 0.4) is 0 Å². The summed E-state index contributed by atoms with van der Waals surface area (Å²) in [6.45, 7) is 10.1. The smallest absolute Gasteiger partial charge is 0.0569 e. The molecule has 2 N–H and O–H groups in total. The number of hydrogen-bond acceptors (Lipinski definition) is 3. The summed E-state index contributed by atoms with van der Waals surface area (Å²) < 4.78 is 5.21. The summed E-state index contributed by atoms with van der Waals surface area (Å²) in [6, 6.07) is 0. The topological polar surface area (TPSA) is 38.5 Å². The van der Waals surface area contributed by atoms with Crippen LogP contribution in [-0.4, -0.2) is 44.3 Å². The summed E-state index contributed by atoms with van der Waals surface area (Å²) in [6.07, 6.45) is 0. The largest absolute Gasteiger partial charge is 0.380 e. The maximum atomic E-state index is 5.72. The molecule has 0 saturated carbocycles. The van der Waals surface area contributed by atoms with E-state index in [0.29, 0.717) is 0 Å². The summed E-state index contributed by atoms with van der Waals surface area (Å²) in [5.74, 6) is 0. The normalized spacial score (nSPS) is 21.0. The molecule has 0 spiro atoms. The van der Waals surface area contributed by atoms with Gasteiger partial charge in [-0.2, -0.15) is 0 Å². The summed E-state index contributed by atoms with van der Waals surface area (Å²) >= 11 is 0. The van der Waals surface area contributed by atoms with Crippen molar-refractivity contribution in [2.24, 2.45) is 11.1 Å². The number of nitrogens with two attached hydrogens (primary N) is 1. The first-order valence-electron chi connectivity index (χ1n) is 4.76. The highest BCUT2D eigenvalue weighted by molar-refractivity contribution is 4.89. The van der Waals surface area contributed by atoms with Gasteiger partial charge >= 0.3 is 0 Å². The van der Waals surface area contributed by atoms with Gasteiger partial charge in [-0.1, -0.05) is 13.8 Å². The molecule has 0 aliphatic carbocycles. The maximum Gasteiger partial charge on any atom is 0.0569 e. The first kappa shape index (κ1) is 9.96. The molecule has 3 nitrogen and oxygen atoms in total. The Balaban J connectivity index is 2.35. The average Bonchev–Trinajstić information content (AvgIpc) is 2.05. The van der Waals surface area contributed by atoms with E-state index in [1.54, 1.807) is 0 Å². The molecule has 0 aromatic rings. The number of ether oxygens (including phenoxy) is 1. The van der Waals surface area contributed by atoms with Gasteiger partial charge in [0.05, 0.1) is 13.2 Å². The maximum absolute atomic E-state index is 5.72. The minimum atomic E-state index is 0.270. The highest BCUT2D eigenvalue weighted by Gasteiger charge is 2.38. The van der Waals surface area contributed by atoms with Gasteiger partial charge in [0, 0.05) is 18.5 Å². The van der Waals surface area contributed by atoms with Crippen molar-refractivity contribution in [3.63, 3.8) is 0 Å². The fourth-order valence-corrected chi connectivity index (χ4v) is 1.59. The Morgan fingerprint density at radius 3 is 2.17 bits per heavy atom. The molecule has 1 aliphatic rings. The Morgan fingerprint density at radius 2 is 1.92 bits per heavy atom. The molecule has 1 saturated heterocycles. The third kappa shape index (κ3) is 1.97. The van der Waals surface area contributed by atoms with E-state index in [9.17, 15) is 0 Å². The summed E-state index contributed by atoms with van der Waals surface area (Å²) in [7, 11) is 0. The van der Waals surface area contributed by atoms with Crippen molar-refractivity contribution in [3.8, 4) is 0 Å². The highest BCUT2D eigenvalue weighted by Crippen LogP contribution is 2.26. The first-order valence-corrected chi connectivity index (χ1v) is 4.76. The third-order valence-corrected chi connectivity index (χ3v) is 2.70. The van der Waals surface area contributed by atoms with Crippen molar-refractivity contribution in [2.45, 2.75) is 13.8 Å². The van der Waals surface area contributed by atoms with E-state index in [1.165, 1.54) is 0 Å². The average molecular weight is 172 g/mol. The van der Waals surface area contributed by atoms with Crippen LogP contribution in [0.2, 0.25) is 0 Å². The molecule has 0 unspecified atom stereocenters. The minimum absolute atomic E-state index is 0.270. The van der Waals surface area contributed by atoms with Crippen LogP contribution in [0.1, 0.15) is 13.8 Å². The second-order valence-corrected chi connectivity index (χ2v) is 3.66.